The van der Waals surface area contributed by atoms with Crippen LogP contribution < -0.4 is 0 Å². The lowest BCUT2D eigenvalue weighted by molar-refractivity contribution is 0.317. The van der Waals surface area contributed by atoms with Gasteiger partial charge < -0.3 is 4.90 Å². The van der Waals surface area contributed by atoms with Crippen molar-refractivity contribution in [3.05, 3.63) is 0 Å². The van der Waals surface area contributed by atoms with Gasteiger partial charge >= 0.3 is 0 Å². The molecule has 2 heteroatoms. The Bertz CT molecular complexity index is 54.5. The highest BCUT2D eigenvalue weighted by atomic mass is 15.1. The highest BCUT2D eigenvalue weighted by molar-refractivity contribution is 6.33. The van der Waals surface area contributed by atoms with Crippen molar-refractivity contribution in [2.45, 2.75) is 26.7 Å². The summed E-state index contributed by atoms with van der Waals surface area (Å²) in [5.41, 5.74) is 0. The molecule has 0 amide bonds. The largest absolute Gasteiger partial charge is 0.312 e. The van der Waals surface area contributed by atoms with E-state index in [1.165, 1.54) is 13.7 Å². The molecule has 0 rings (SSSR count). The van der Waals surface area contributed by atoms with Gasteiger partial charge in [0.05, 0.1) is 0 Å². The zero-order chi connectivity index (χ0) is 6.57. The summed E-state index contributed by atoms with van der Waals surface area (Å²) in [6.45, 7) is 6.64. The predicted molar refractivity (Wildman–Crippen MR) is 40.8 cm³/mol. The van der Waals surface area contributed by atoms with Crippen molar-refractivity contribution in [3.8, 4) is 0 Å². The van der Waals surface area contributed by atoms with Gasteiger partial charge in [0.1, 0.15) is 7.28 Å². The maximum Gasteiger partial charge on any atom is 0.135 e. The van der Waals surface area contributed by atoms with E-state index in [4.69, 9.17) is 0 Å². The normalized spacial score (nSPS) is 10.8. The predicted octanol–water partition coefficient (Wildman–Crippen LogP) is 0.769. The minimum atomic E-state index is 0.704. The monoisotopic (exact) mass is 113 g/mol. The van der Waals surface area contributed by atoms with Crippen molar-refractivity contribution in [2.24, 2.45) is 0 Å². The average molecular weight is 113 g/mol. The van der Waals surface area contributed by atoms with E-state index in [1.807, 2.05) is 0 Å². The van der Waals surface area contributed by atoms with Gasteiger partial charge in [-0.3, -0.25) is 0 Å². The molecule has 0 aliphatic carbocycles. The van der Waals surface area contributed by atoms with Crippen LogP contribution in [0.25, 0.3) is 0 Å². The first kappa shape index (κ1) is 8.02. The number of rotatable bonds is 3. The molecule has 0 aliphatic rings. The molecule has 48 valence electrons. The molecule has 8 heavy (non-hydrogen) atoms. The highest BCUT2D eigenvalue weighted by Gasteiger charge is 1.98. The molecule has 0 aliphatic heterocycles. The van der Waals surface area contributed by atoms with Gasteiger partial charge in [-0.15, -0.1) is 0 Å². The first-order chi connectivity index (χ1) is 3.68. The molecular weight excluding hydrogens is 96.9 g/mol. The van der Waals surface area contributed by atoms with Gasteiger partial charge in [0.2, 0.25) is 0 Å². The van der Waals surface area contributed by atoms with E-state index in [0.29, 0.717) is 6.04 Å². The molecule has 1 nitrogen and oxygen atoms in total. The minimum Gasteiger partial charge on any atom is -0.312 e. The molecule has 0 aromatic carbocycles. The van der Waals surface area contributed by atoms with Crippen molar-refractivity contribution in [1.29, 1.82) is 0 Å². The molecule has 0 fully saturated rings. The molecule has 0 atom stereocenters. The molecule has 0 aromatic rings. The molecule has 0 saturated carbocycles. The lowest BCUT2D eigenvalue weighted by Gasteiger charge is -2.19. The van der Waals surface area contributed by atoms with Gasteiger partial charge in [-0.2, -0.15) is 0 Å². The number of nitrogens with zero attached hydrogens (tertiary/aromatic N) is 1. The van der Waals surface area contributed by atoms with E-state index in [0.717, 1.165) is 0 Å². The summed E-state index contributed by atoms with van der Waals surface area (Å²) in [5, 5.41) is 0. The van der Waals surface area contributed by atoms with Crippen LogP contribution in [0, 0.1) is 0 Å². The van der Waals surface area contributed by atoms with Crippen LogP contribution in [0.2, 0.25) is 6.82 Å². The lowest BCUT2D eigenvalue weighted by Crippen LogP contribution is -2.29. The Morgan fingerprint density at radius 2 is 2.00 bits per heavy atom. The molecule has 0 radical (unpaired) electrons. The maximum atomic E-state index is 2.35. The molecule has 0 spiro atoms. The molecule has 0 N–H and O–H groups in total. The zero-order valence-electron chi connectivity index (χ0n) is 6.44. The second-order valence-electron chi connectivity index (χ2n) is 2.57. The van der Waals surface area contributed by atoms with Crippen LogP contribution in [0.5, 0.6) is 0 Å². The molecular formula is C6H16BN. The van der Waals surface area contributed by atoms with Crippen molar-refractivity contribution < 1.29 is 0 Å². The van der Waals surface area contributed by atoms with E-state index in [9.17, 15) is 0 Å². The van der Waals surface area contributed by atoms with Crippen molar-refractivity contribution in [2.75, 3.05) is 13.5 Å². The summed E-state index contributed by atoms with van der Waals surface area (Å²) in [4.78, 5) is 2.35. The average Bonchev–Trinajstić information content (AvgIpc) is 1.67. The minimum absolute atomic E-state index is 0.704. The van der Waals surface area contributed by atoms with Crippen LogP contribution in [-0.2, 0) is 0 Å². The Labute approximate surface area is 53.3 Å². The Balaban J connectivity index is 3.17. The first-order valence-corrected chi connectivity index (χ1v) is 3.38. The van der Waals surface area contributed by atoms with E-state index >= 15 is 0 Å². The Hall–Kier alpha value is 0.0249. The second kappa shape index (κ2) is 3.96. The maximum absolute atomic E-state index is 2.35. The van der Waals surface area contributed by atoms with Gasteiger partial charge in [0.15, 0.2) is 0 Å². The lowest BCUT2D eigenvalue weighted by atomic mass is 9.82. The van der Waals surface area contributed by atoms with Gasteiger partial charge in [0.25, 0.3) is 0 Å². The topological polar surface area (TPSA) is 3.24 Å². The fourth-order valence-corrected chi connectivity index (χ4v) is 0.611. The van der Waals surface area contributed by atoms with E-state index in [2.05, 4.69) is 32.6 Å². The molecule has 0 heterocycles. The summed E-state index contributed by atoms with van der Waals surface area (Å²) in [6, 6.07) is 0.704. The highest BCUT2D eigenvalue weighted by Crippen LogP contribution is 1.89. The van der Waals surface area contributed by atoms with Crippen LogP contribution in [0.15, 0.2) is 0 Å². The molecule has 0 bridgehead atoms. The summed E-state index contributed by atoms with van der Waals surface area (Å²) >= 11 is 0. The van der Waals surface area contributed by atoms with Crippen molar-refractivity contribution >= 4 is 7.28 Å². The van der Waals surface area contributed by atoms with E-state index in [-0.39, 0.29) is 0 Å². The summed E-state index contributed by atoms with van der Waals surface area (Å²) in [6.07, 6.45) is 1.22. The third-order valence-electron chi connectivity index (χ3n) is 1.46. The number of hydrogen-bond acceptors (Lipinski definition) is 1. The zero-order valence-corrected chi connectivity index (χ0v) is 6.44. The summed E-state index contributed by atoms with van der Waals surface area (Å²) in [5.74, 6) is 0. The third-order valence-corrected chi connectivity index (χ3v) is 1.46. The molecule has 0 aromatic heterocycles. The van der Waals surface area contributed by atoms with Gasteiger partial charge in [-0.05, 0) is 27.3 Å². The first-order valence-electron chi connectivity index (χ1n) is 3.38. The third kappa shape index (κ3) is 3.08. The summed E-state index contributed by atoms with van der Waals surface area (Å²) in [7, 11) is 3.42. The van der Waals surface area contributed by atoms with Crippen LogP contribution in [-0.4, -0.2) is 31.7 Å². The van der Waals surface area contributed by atoms with Crippen LogP contribution in [0.4, 0.5) is 0 Å². The van der Waals surface area contributed by atoms with Gasteiger partial charge in [-0.25, -0.2) is 0 Å². The van der Waals surface area contributed by atoms with Crippen molar-refractivity contribution in [3.63, 3.8) is 0 Å². The van der Waals surface area contributed by atoms with Crippen LogP contribution in [0.3, 0.4) is 0 Å². The summed E-state index contributed by atoms with van der Waals surface area (Å²) < 4.78 is 0. The quantitative estimate of drug-likeness (QED) is 0.488. The number of hydrogen-bond donors (Lipinski definition) is 0. The van der Waals surface area contributed by atoms with Crippen molar-refractivity contribution in [1.82, 2.24) is 4.90 Å². The Kier molecular flexibility index (Phi) is 3.97. The van der Waals surface area contributed by atoms with E-state index in [1.54, 1.807) is 0 Å². The Morgan fingerprint density at radius 1 is 1.50 bits per heavy atom. The fourth-order valence-electron chi connectivity index (χ4n) is 0.611. The van der Waals surface area contributed by atoms with Crippen LogP contribution in [0.1, 0.15) is 13.8 Å². The van der Waals surface area contributed by atoms with Gasteiger partial charge in [-0.1, -0.05) is 6.82 Å². The molecule has 0 saturated heterocycles. The Morgan fingerprint density at radius 3 is 2.12 bits per heavy atom. The second-order valence-corrected chi connectivity index (χ2v) is 2.57. The van der Waals surface area contributed by atoms with Gasteiger partial charge in [0, 0.05) is 6.04 Å². The SMILES string of the molecule is CBCN(C)C(C)C. The molecule has 0 unspecified atom stereocenters. The standard InChI is InChI=1S/C6H16BN/c1-6(2)8(4)5-7-3/h6-7H,5H2,1-4H3. The van der Waals surface area contributed by atoms with E-state index < -0.39 is 0 Å². The fraction of sp³-hybridized carbons (Fsp3) is 1.00. The smallest absolute Gasteiger partial charge is 0.135 e. The van der Waals surface area contributed by atoms with Crippen LogP contribution >= 0.6 is 0 Å².